The van der Waals surface area contributed by atoms with Crippen LogP contribution in [0.3, 0.4) is 0 Å². The minimum atomic E-state index is -3.94. The van der Waals surface area contributed by atoms with Gasteiger partial charge < -0.3 is 4.57 Å². The van der Waals surface area contributed by atoms with E-state index < -0.39 is 15.8 Å². The van der Waals surface area contributed by atoms with Gasteiger partial charge in [0, 0.05) is 11.6 Å². The molecule has 0 radical (unpaired) electrons. The molecule has 0 bridgehead atoms. The van der Waals surface area contributed by atoms with Crippen molar-refractivity contribution in [1.82, 2.24) is 4.57 Å². The number of nitrogens with zero attached hydrogens (tertiary/aromatic N) is 2. The summed E-state index contributed by atoms with van der Waals surface area (Å²) in [6.07, 6.45) is 1.28. The third-order valence-electron chi connectivity index (χ3n) is 3.32. The second-order valence-electron chi connectivity index (χ2n) is 4.70. The lowest BCUT2D eigenvalue weighted by molar-refractivity contribution is 0.598. The van der Waals surface area contributed by atoms with Crippen molar-refractivity contribution >= 4 is 20.9 Å². The number of hydrogen-bond acceptors (Lipinski definition) is 3. The zero-order valence-corrected chi connectivity index (χ0v) is 12.0. The predicted octanol–water partition coefficient (Wildman–Crippen LogP) is 2.29. The molecule has 2 N–H and O–H groups in total. The van der Waals surface area contributed by atoms with E-state index in [0.29, 0.717) is 10.9 Å². The lowest BCUT2D eigenvalue weighted by atomic mass is 10.2. The number of nitrogens with two attached hydrogens (primary N) is 1. The molecule has 0 saturated carbocycles. The molecule has 0 amide bonds. The fraction of sp³-hybridized carbons (Fsp3) is 0. The van der Waals surface area contributed by atoms with Gasteiger partial charge in [-0.15, -0.1) is 0 Å². The van der Waals surface area contributed by atoms with Crippen LogP contribution in [0, 0.1) is 17.1 Å². The van der Waals surface area contributed by atoms with Gasteiger partial charge in [0.2, 0.25) is 10.0 Å². The lowest BCUT2D eigenvalue weighted by Gasteiger charge is -2.06. The quantitative estimate of drug-likeness (QED) is 0.787. The molecule has 5 nitrogen and oxygen atoms in total. The van der Waals surface area contributed by atoms with Gasteiger partial charge in [-0.25, -0.2) is 17.9 Å². The number of sulfonamides is 1. The molecule has 0 atom stereocenters. The Morgan fingerprint density at radius 1 is 1.18 bits per heavy atom. The molecule has 3 aromatic rings. The minimum Gasteiger partial charge on any atom is -0.312 e. The van der Waals surface area contributed by atoms with Crippen LogP contribution in [0.2, 0.25) is 0 Å². The highest BCUT2D eigenvalue weighted by Crippen LogP contribution is 2.28. The second kappa shape index (κ2) is 4.94. The monoisotopic (exact) mass is 315 g/mol. The number of hydrogen-bond donors (Lipinski definition) is 1. The van der Waals surface area contributed by atoms with Gasteiger partial charge in [-0.2, -0.15) is 5.26 Å². The Labute approximate surface area is 126 Å². The maximum absolute atomic E-state index is 14.2. The average molecular weight is 315 g/mol. The summed E-state index contributed by atoms with van der Waals surface area (Å²) in [6, 6.07) is 12.5. The number of benzene rings is 2. The van der Waals surface area contributed by atoms with Gasteiger partial charge in [-0.3, -0.25) is 0 Å². The van der Waals surface area contributed by atoms with E-state index in [1.807, 2.05) is 6.07 Å². The van der Waals surface area contributed by atoms with Crippen LogP contribution in [-0.2, 0) is 10.0 Å². The van der Waals surface area contributed by atoms with Crippen molar-refractivity contribution in [2.75, 3.05) is 0 Å². The third kappa shape index (κ3) is 2.24. The zero-order valence-electron chi connectivity index (χ0n) is 11.2. The number of primary sulfonamides is 1. The summed E-state index contributed by atoms with van der Waals surface area (Å²) in [7, 11) is -3.94. The summed E-state index contributed by atoms with van der Waals surface area (Å²) in [6.45, 7) is 0. The molecule has 1 heterocycles. The smallest absolute Gasteiger partial charge is 0.240 e. The SMILES string of the molecule is N#Cc1ccc(-n2cc(S(N)(=O)=O)c3ccccc32)c(F)c1. The van der Waals surface area contributed by atoms with Crippen LogP contribution in [0.4, 0.5) is 4.39 Å². The Balaban J connectivity index is 2.36. The van der Waals surface area contributed by atoms with Crippen LogP contribution in [0.5, 0.6) is 0 Å². The number of rotatable bonds is 2. The van der Waals surface area contributed by atoms with Gasteiger partial charge in [-0.1, -0.05) is 18.2 Å². The fourth-order valence-electron chi connectivity index (χ4n) is 2.35. The first-order chi connectivity index (χ1) is 10.4. The van der Waals surface area contributed by atoms with Crippen molar-refractivity contribution < 1.29 is 12.8 Å². The standard InChI is InChI=1S/C15H10FN3O2S/c16-12-7-10(8-17)5-6-14(12)19-9-15(22(18,20)21)11-3-1-2-4-13(11)19/h1-7,9H,(H2,18,20,21). The molecule has 1 aromatic heterocycles. The van der Waals surface area contributed by atoms with Crippen molar-refractivity contribution in [3.63, 3.8) is 0 Å². The first-order valence-electron chi connectivity index (χ1n) is 6.25. The summed E-state index contributed by atoms with van der Waals surface area (Å²) in [4.78, 5) is -0.0770. The average Bonchev–Trinajstić information content (AvgIpc) is 2.86. The molecule has 0 unspecified atom stereocenters. The topological polar surface area (TPSA) is 88.9 Å². The van der Waals surface area contributed by atoms with Crippen LogP contribution in [0.15, 0.2) is 53.6 Å². The second-order valence-corrected chi connectivity index (χ2v) is 6.23. The molecular formula is C15H10FN3O2S. The van der Waals surface area contributed by atoms with Gasteiger partial charge >= 0.3 is 0 Å². The molecule has 0 aliphatic heterocycles. The van der Waals surface area contributed by atoms with E-state index in [-0.39, 0.29) is 16.1 Å². The van der Waals surface area contributed by atoms with Gasteiger partial charge in [0.1, 0.15) is 10.7 Å². The van der Waals surface area contributed by atoms with E-state index in [2.05, 4.69) is 0 Å². The molecule has 22 heavy (non-hydrogen) atoms. The summed E-state index contributed by atoms with van der Waals surface area (Å²) in [5, 5.41) is 14.4. The number of halogens is 1. The number of para-hydroxylation sites is 1. The molecule has 0 saturated heterocycles. The van der Waals surface area contributed by atoms with Crippen LogP contribution in [-0.4, -0.2) is 13.0 Å². The molecule has 0 spiro atoms. The van der Waals surface area contributed by atoms with E-state index in [0.717, 1.165) is 6.07 Å². The Morgan fingerprint density at radius 3 is 2.55 bits per heavy atom. The highest BCUT2D eigenvalue weighted by atomic mass is 32.2. The van der Waals surface area contributed by atoms with Crippen LogP contribution >= 0.6 is 0 Å². The van der Waals surface area contributed by atoms with E-state index in [1.54, 1.807) is 24.3 Å². The molecule has 0 aliphatic rings. The number of aromatic nitrogens is 1. The first-order valence-corrected chi connectivity index (χ1v) is 7.79. The molecule has 3 rings (SSSR count). The van der Waals surface area contributed by atoms with Gasteiger partial charge in [0.15, 0.2) is 0 Å². The largest absolute Gasteiger partial charge is 0.312 e. The van der Waals surface area contributed by atoms with Crippen LogP contribution in [0.25, 0.3) is 16.6 Å². The van der Waals surface area contributed by atoms with E-state index in [9.17, 15) is 12.8 Å². The summed E-state index contributed by atoms with van der Waals surface area (Å²) in [5.74, 6) is -0.624. The van der Waals surface area contributed by atoms with Crippen LogP contribution < -0.4 is 5.14 Å². The van der Waals surface area contributed by atoms with Crippen molar-refractivity contribution in [1.29, 1.82) is 5.26 Å². The Morgan fingerprint density at radius 2 is 1.91 bits per heavy atom. The molecule has 0 aliphatic carbocycles. The van der Waals surface area contributed by atoms with Gasteiger partial charge in [0.05, 0.1) is 22.8 Å². The van der Waals surface area contributed by atoms with Crippen LogP contribution in [0.1, 0.15) is 5.56 Å². The van der Waals surface area contributed by atoms with E-state index in [1.165, 1.54) is 22.9 Å². The predicted molar refractivity (Wildman–Crippen MR) is 79.3 cm³/mol. The Bertz CT molecular complexity index is 1030. The zero-order chi connectivity index (χ0) is 15.9. The minimum absolute atomic E-state index is 0.0770. The summed E-state index contributed by atoms with van der Waals surface area (Å²) < 4.78 is 39.0. The Kier molecular flexibility index (Phi) is 3.20. The molecule has 110 valence electrons. The van der Waals surface area contributed by atoms with E-state index in [4.69, 9.17) is 10.4 Å². The first kappa shape index (κ1) is 14.3. The fourth-order valence-corrected chi connectivity index (χ4v) is 3.08. The molecule has 7 heteroatoms. The Hall–Kier alpha value is -2.69. The van der Waals surface area contributed by atoms with Gasteiger partial charge in [0.25, 0.3) is 0 Å². The lowest BCUT2D eigenvalue weighted by Crippen LogP contribution is -2.11. The van der Waals surface area contributed by atoms with Gasteiger partial charge in [-0.05, 0) is 24.3 Å². The highest BCUT2D eigenvalue weighted by Gasteiger charge is 2.19. The molecule has 0 fully saturated rings. The van der Waals surface area contributed by atoms with Crippen molar-refractivity contribution in [3.8, 4) is 11.8 Å². The van der Waals surface area contributed by atoms with Crippen molar-refractivity contribution in [2.24, 2.45) is 5.14 Å². The highest BCUT2D eigenvalue weighted by molar-refractivity contribution is 7.89. The maximum atomic E-state index is 14.2. The molecule has 2 aromatic carbocycles. The number of fused-ring (bicyclic) bond motifs is 1. The number of nitriles is 1. The summed E-state index contributed by atoms with van der Waals surface area (Å²) in [5.41, 5.74) is 0.838. The van der Waals surface area contributed by atoms with E-state index >= 15 is 0 Å². The van der Waals surface area contributed by atoms with Crippen molar-refractivity contribution in [3.05, 3.63) is 60.0 Å². The molecular weight excluding hydrogens is 305 g/mol. The normalized spacial score (nSPS) is 11.5. The maximum Gasteiger partial charge on any atom is 0.240 e. The summed E-state index contributed by atoms with van der Waals surface area (Å²) >= 11 is 0. The third-order valence-corrected chi connectivity index (χ3v) is 4.26. The van der Waals surface area contributed by atoms with Crippen molar-refractivity contribution in [2.45, 2.75) is 4.90 Å².